The van der Waals surface area contributed by atoms with Gasteiger partial charge in [0.1, 0.15) is 0 Å². The van der Waals surface area contributed by atoms with Gasteiger partial charge in [-0.15, -0.1) is 0 Å². The van der Waals surface area contributed by atoms with Gasteiger partial charge in [-0.1, -0.05) is 0 Å². The van der Waals surface area contributed by atoms with E-state index in [2.05, 4.69) is 16.3 Å². The quantitative estimate of drug-likeness (QED) is 0.811. The second kappa shape index (κ2) is 4.26. The summed E-state index contributed by atoms with van der Waals surface area (Å²) >= 11 is 1.09. The average Bonchev–Trinajstić information content (AvgIpc) is 2.83. The molecule has 2 atom stereocenters. The van der Waals surface area contributed by atoms with E-state index in [1.807, 2.05) is 6.92 Å². The molecular formula is C11H17N3O2S2. The Morgan fingerprint density at radius 2 is 1.94 bits per heavy atom. The largest absolute Gasteiger partial charge is 0.303 e. The summed E-state index contributed by atoms with van der Waals surface area (Å²) in [6.45, 7) is 3.51. The van der Waals surface area contributed by atoms with Gasteiger partial charge in [0, 0.05) is 25.2 Å². The fraction of sp³-hybridized carbons (Fsp3) is 0.727. The molecule has 0 aliphatic carbocycles. The standard InChI is InChI=1S/C11H17N3O2S2/c1-8-5-11(17-12-8)18(15,16)14-9-3-4-10(14)7-13(2)6-9/h5,9-10H,3-4,6-7H2,1-2H3. The van der Waals surface area contributed by atoms with Crippen LogP contribution in [0.5, 0.6) is 0 Å². The lowest BCUT2D eigenvalue weighted by atomic mass is 10.2. The van der Waals surface area contributed by atoms with Crippen LogP contribution in [0.2, 0.25) is 0 Å². The molecule has 2 aliphatic rings. The predicted octanol–water partition coefficient (Wildman–Crippen LogP) is 0.919. The Hall–Kier alpha value is -0.500. The molecule has 0 N–H and O–H groups in total. The summed E-state index contributed by atoms with van der Waals surface area (Å²) < 4.78 is 31.5. The Bertz CT molecular complexity index is 540. The van der Waals surface area contributed by atoms with E-state index in [-0.39, 0.29) is 12.1 Å². The van der Waals surface area contributed by atoms with E-state index in [4.69, 9.17) is 0 Å². The maximum Gasteiger partial charge on any atom is 0.254 e. The van der Waals surface area contributed by atoms with Gasteiger partial charge in [0.05, 0.1) is 5.69 Å². The maximum atomic E-state index is 12.6. The van der Waals surface area contributed by atoms with Crippen molar-refractivity contribution in [2.45, 2.75) is 36.1 Å². The summed E-state index contributed by atoms with van der Waals surface area (Å²) in [5.41, 5.74) is 0.778. The second-order valence-electron chi connectivity index (χ2n) is 5.23. The number of hydrogen-bond acceptors (Lipinski definition) is 5. The molecule has 2 bridgehead atoms. The minimum atomic E-state index is -3.34. The van der Waals surface area contributed by atoms with Crippen LogP contribution in [0.15, 0.2) is 10.3 Å². The Balaban J connectivity index is 1.96. The number of aromatic nitrogens is 1. The zero-order chi connectivity index (χ0) is 12.9. The molecule has 7 heteroatoms. The van der Waals surface area contributed by atoms with Crippen LogP contribution in [0.3, 0.4) is 0 Å². The minimum Gasteiger partial charge on any atom is -0.303 e. The molecular weight excluding hydrogens is 270 g/mol. The highest BCUT2D eigenvalue weighted by Crippen LogP contribution is 2.35. The van der Waals surface area contributed by atoms with E-state index < -0.39 is 10.0 Å². The van der Waals surface area contributed by atoms with Gasteiger partial charge in [0.25, 0.3) is 10.0 Å². The third-order valence-corrected chi connectivity index (χ3v) is 7.05. The van der Waals surface area contributed by atoms with Crippen LogP contribution in [0.1, 0.15) is 18.5 Å². The molecule has 3 heterocycles. The smallest absolute Gasteiger partial charge is 0.254 e. The molecule has 1 aromatic rings. The molecule has 2 saturated heterocycles. The number of nitrogens with zero attached hydrogens (tertiary/aromatic N) is 3. The zero-order valence-corrected chi connectivity index (χ0v) is 12.2. The molecule has 18 heavy (non-hydrogen) atoms. The van der Waals surface area contributed by atoms with Gasteiger partial charge in [0.15, 0.2) is 4.21 Å². The predicted molar refractivity (Wildman–Crippen MR) is 70.2 cm³/mol. The van der Waals surface area contributed by atoms with Crippen LogP contribution in [-0.4, -0.2) is 54.2 Å². The van der Waals surface area contributed by atoms with Crippen LogP contribution >= 0.6 is 11.5 Å². The van der Waals surface area contributed by atoms with Crippen molar-refractivity contribution < 1.29 is 8.42 Å². The summed E-state index contributed by atoms with van der Waals surface area (Å²) in [6, 6.07) is 1.96. The fourth-order valence-corrected chi connectivity index (χ4v) is 5.95. The third kappa shape index (κ3) is 1.89. The first kappa shape index (κ1) is 12.5. The molecule has 0 spiro atoms. The molecule has 2 fully saturated rings. The van der Waals surface area contributed by atoms with Crippen molar-refractivity contribution in [3.63, 3.8) is 0 Å². The van der Waals surface area contributed by atoms with Crippen LogP contribution in [0, 0.1) is 6.92 Å². The molecule has 2 unspecified atom stereocenters. The average molecular weight is 287 g/mol. The second-order valence-corrected chi connectivity index (χ2v) is 8.10. The van der Waals surface area contributed by atoms with Crippen molar-refractivity contribution >= 4 is 21.6 Å². The summed E-state index contributed by atoms with van der Waals surface area (Å²) in [4.78, 5) is 2.23. The number of likely N-dealkylation sites (tertiary alicyclic amines) is 1. The number of fused-ring (bicyclic) bond motifs is 2. The molecule has 3 rings (SSSR count). The molecule has 0 aromatic carbocycles. The van der Waals surface area contributed by atoms with Gasteiger partial charge in [0.2, 0.25) is 0 Å². The first-order valence-electron chi connectivity index (χ1n) is 6.14. The first-order chi connectivity index (χ1) is 8.48. The van der Waals surface area contributed by atoms with Crippen LogP contribution in [-0.2, 0) is 10.0 Å². The lowest BCUT2D eigenvalue weighted by Gasteiger charge is -2.37. The minimum absolute atomic E-state index is 0.140. The van der Waals surface area contributed by atoms with E-state index in [1.165, 1.54) is 0 Å². The number of sulfonamides is 1. The lowest BCUT2D eigenvalue weighted by Crippen LogP contribution is -2.54. The molecule has 0 radical (unpaired) electrons. The van der Waals surface area contributed by atoms with Crippen molar-refractivity contribution in [2.75, 3.05) is 20.1 Å². The van der Waals surface area contributed by atoms with Crippen LogP contribution in [0.25, 0.3) is 0 Å². The normalized spacial score (nSPS) is 29.9. The van der Waals surface area contributed by atoms with Crippen molar-refractivity contribution in [3.05, 3.63) is 11.8 Å². The maximum absolute atomic E-state index is 12.6. The van der Waals surface area contributed by atoms with Crippen molar-refractivity contribution in [3.8, 4) is 0 Å². The summed E-state index contributed by atoms with van der Waals surface area (Å²) in [5, 5.41) is 0. The highest BCUT2D eigenvalue weighted by molar-refractivity contribution is 7.91. The van der Waals surface area contributed by atoms with E-state index >= 15 is 0 Å². The monoisotopic (exact) mass is 287 g/mol. The van der Waals surface area contributed by atoms with Crippen LogP contribution < -0.4 is 0 Å². The van der Waals surface area contributed by atoms with Crippen molar-refractivity contribution in [1.29, 1.82) is 0 Å². The number of hydrogen-bond donors (Lipinski definition) is 0. The fourth-order valence-electron chi connectivity index (χ4n) is 3.03. The van der Waals surface area contributed by atoms with Gasteiger partial charge in [-0.3, -0.25) is 0 Å². The van der Waals surface area contributed by atoms with E-state index in [0.717, 1.165) is 43.2 Å². The third-order valence-electron chi connectivity index (χ3n) is 3.74. The molecule has 1 aromatic heterocycles. The van der Waals surface area contributed by atoms with Gasteiger partial charge >= 0.3 is 0 Å². The number of likely N-dealkylation sites (N-methyl/N-ethyl adjacent to an activating group) is 1. The number of piperazine rings is 1. The van der Waals surface area contributed by atoms with Crippen molar-refractivity contribution in [2.24, 2.45) is 0 Å². The van der Waals surface area contributed by atoms with Gasteiger partial charge < -0.3 is 4.90 Å². The summed E-state index contributed by atoms with van der Waals surface area (Å²) in [6.07, 6.45) is 1.96. The highest BCUT2D eigenvalue weighted by Gasteiger charge is 2.46. The van der Waals surface area contributed by atoms with E-state index in [1.54, 1.807) is 10.4 Å². The SMILES string of the molecule is Cc1cc(S(=O)(=O)N2C3CCC2CN(C)C3)sn1. The van der Waals surface area contributed by atoms with Crippen LogP contribution in [0.4, 0.5) is 0 Å². The van der Waals surface area contributed by atoms with Crippen molar-refractivity contribution in [1.82, 2.24) is 13.6 Å². The van der Waals surface area contributed by atoms with Gasteiger partial charge in [-0.2, -0.15) is 8.68 Å². The molecule has 100 valence electrons. The first-order valence-corrected chi connectivity index (χ1v) is 8.35. The Morgan fingerprint density at radius 3 is 2.44 bits per heavy atom. The Labute approximate surface area is 112 Å². The Morgan fingerprint density at radius 1 is 1.33 bits per heavy atom. The number of aryl methyl sites for hydroxylation is 1. The molecule has 5 nitrogen and oxygen atoms in total. The summed E-state index contributed by atoms with van der Waals surface area (Å²) in [7, 11) is -1.28. The Kier molecular flexibility index (Phi) is 2.97. The molecule has 0 saturated carbocycles. The topological polar surface area (TPSA) is 53.5 Å². The molecule has 0 amide bonds. The number of rotatable bonds is 2. The van der Waals surface area contributed by atoms with E-state index in [0.29, 0.717) is 4.21 Å². The lowest BCUT2D eigenvalue weighted by molar-refractivity contribution is 0.154. The van der Waals surface area contributed by atoms with Gasteiger partial charge in [-0.05, 0) is 44.4 Å². The highest BCUT2D eigenvalue weighted by atomic mass is 32.2. The molecule has 2 aliphatic heterocycles. The van der Waals surface area contributed by atoms with Gasteiger partial charge in [-0.25, -0.2) is 8.42 Å². The zero-order valence-electron chi connectivity index (χ0n) is 10.5. The van der Waals surface area contributed by atoms with E-state index in [9.17, 15) is 8.42 Å². The summed E-state index contributed by atoms with van der Waals surface area (Å²) in [5.74, 6) is 0.